The van der Waals surface area contributed by atoms with Crippen LogP contribution >= 0.6 is 7.60 Å². The highest BCUT2D eigenvalue weighted by Crippen LogP contribution is 2.48. The van der Waals surface area contributed by atoms with Crippen molar-refractivity contribution in [2.75, 3.05) is 0 Å². The van der Waals surface area contributed by atoms with Crippen molar-refractivity contribution in [3.8, 4) is 11.5 Å². The number of rotatable bonds is 7. The van der Waals surface area contributed by atoms with Crippen molar-refractivity contribution in [1.82, 2.24) is 0 Å². The molecule has 0 N–H and O–H groups in total. The Morgan fingerprint density at radius 1 is 0.571 bits per heavy atom. The third-order valence-electron chi connectivity index (χ3n) is 7.71. The van der Waals surface area contributed by atoms with Crippen molar-refractivity contribution < 1.29 is 13.6 Å². The van der Waals surface area contributed by atoms with Crippen LogP contribution in [0.5, 0.6) is 11.5 Å². The molecule has 2 aliphatic carbocycles. The largest absolute Gasteiger partial charge is 0.462 e. The Bertz CT molecular complexity index is 1060. The molecule has 35 heavy (non-hydrogen) atoms. The molecule has 4 heteroatoms. The van der Waals surface area contributed by atoms with Crippen LogP contribution in [0.25, 0.3) is 0 Å². The molecule has 2 fully saturated rings. The van der Waals surface area contributed by atoms with E-state index >= 15 is 0 Å². The maximum Gasteiger partial charge on any atom is 0.462 e. The molecule has 0 spiro atoms. The first-order valence-corrected chi connectivity index (χ1v) is 14.9. The van der Waals surface area contributed by atoms with Crippen LogP contribution in [0.3, 0.4) is 0 Å². The predicted molar refractivity (Wildman–Crippen MR) is 144 cm³/mol. The van der Waals surface area contributed by atoms with Gasteiger partial charge >= 0.3 is 7.60 Å². The molecule has 3 nitrogen and oxygen atoms in total. The topological polar surface area (TPSA) is 35.5 Å². The second-order valence-corrected chi connectivity index (χ2v) is 12.2. The van der Waals surface area contributed by atoms with Crippen molar-refractivity contribution >= 4 is 12.9 Å². The van der Waals surface area contributed by atoms with E-state index in [2.05, 4.69) is 24.3 Å². The molecule has 2 saturated carbocycles. The van der Waals surface area contributed by atoms with E-state index in [0.717, 1.165) is 5.56 Å². The number of aryl methyl sites for hydroxylation is 1. The monoisotopic (exact) mass is 488 g/mol. The average Bonchev–Trinajstić information content (AvgIpc) is 2.91. The van der Waals surface area contributed by atoms with Crippen molar-refractivity contribution in [3.63, 3.8) is 0 Å². The molecule has 0 bridgehead atoms. The summed E-state index contributed by atoms with van der Waals surface area (Å²) in [6.45, 7) is 2.02. The number of benzene rings is 3. The van der Waals surface area contributed by atoms with Crippen LogP contribution in [-0.4, -0.2) is 0 Å². The Labute approximate surface area is 210 Å². The van der Waals surface area contributed by atoms with E-state index in [4.69, 9.17) is 9.05 Å². The molecule has 0 aliphatic heterocycles. The summed E-state index contributed by atoms with van der Waals surface area (Å²) in [6, 6.07) is 23.9. The molecule has 5 rings (SSSR count). The summed E-state index contributed by atoms with van der Waals surface area (Å²) in [5.41, 5.74) is 3.80. The van der Waals surface area contributed by atoms with E-state index in [0.29, 0.717) is 28.6 Å². The molecule has 0 atom stereocenters. The zero-order valence-electron chi connectivity index (χ0n) is 20.8. The first-order valence-electron chi connectivity index (χ1n) is 13.4. The van der Waals surface area contributed by atoms with Gasteiger partial charge in [0.25, 0.3) is 0 Å². The molecule has 0 saturated heterocycles. The SMILES string of the molecule is Cc1ccc(P(=O)(Oc2ccc(C3CCCCC3)cc2)Oc2ccc(C3CCCCC3)cc2)cc1. The maximum absolute atomic E-state index is 14.2. The molecule has 0 unspecified atom stereocenters. The van der Waals surface area contributed by atoms with Gasteiger partial charge in [0.1, 0.15) is 11.5 Å². The van der Waals surface area contributed by atoms with Gasteiger partial charge in [-0.15, -0.1) is 0 Å². The van der Waals surface area contributed by atoms with Gasteiger partial charge in [-0.3, -0.25) is 0 Å². The van der Waals surface area contributed by atoms with Crippen LogP contribution in [0.4, 0.5) is 0 Å². The highest BCUT2D eigenvalue weighted by Gasteiger charge is 2.31. The molecule has 0 radical (unpaired) electrons. The van der Waals surface area contributed by atoms with Gasteiger partial charge in [-0.1, -0.05) is 80.5 Å². The van der Waals surface area contributed by atoms with Crippen LogP contribution in [0.15, 0.2) is 72.8 Å². The zero-order valence-corrected chi connectivity index (χ0v) is 21.7. The minimum Gasteiger partial charge on any atom is -0.413 e. The molecule has 2 aliphatic rings. The van der Waals surface area contributed by atoms with Gasteiger partial charge in [0.05, 0.1) is 5.30 Å². The van der Waals surface area contributed by atoms with E-state index in [1.54, 1.807) is 0 Å². The quantitative estimate of drug-likeness (QED) is 0.311. The molecule has 0 amide bonds. The van der Waals surface area contributed by atoms with Crippen molar-refractivity contribution in [1.29, 1.82) is 0 Å². The van der Waals surface area contributed by atoms with Gasteiger partial charge in [-0.25, -0.2) is 4.57 Å². The zero-order chi connectivity index (χ0) is 24.1. The standard InChI is InChI=1S/C31H37O3P/c1-24-12-22-31(23-13-24)35(32,33-29-18-14-27(15-19-29)25-8-4-2-5-9-25)34-30-20-16-28(17-21-30)26-10-6-3-7-11-26/h12-23,25-26H,2-11H2,1H3. The van der Waals surface area contributed by atoms with E-state index in [1.807, 2.05) is 55.5 Å². The first-order chi connectivity index (χ1) is 17.1. The Morgan fingerprint density at radius 3 is 1.37 bits per heavy atom. The predicted octanol–water partition coefficient (Wildman–Crippen LogP) is 9.07. The van der Waals surface area contributed by atoms with E-state index in [9.17, 15) is 4.57 Å². The van der Waals surface area contributed by atoms with Crippen LogP contribution in [0.1, 0.15) is 92.7 Å². The van der Waals surface area contributed by atoms with Crippen LogP contribution < -0.4 is 14.4 Å². The lowest BCUT2D eigenvalue weighted by molar-refractivity contribution is 0.398. The fourth-order valence-corrected chi connectivity index (χ4v) is 7.16. The maximum atomic E-state index is 14.2. The second-order valence-electron chi connectivity index (χ2n) is 10.3. The third-order valence-corrected chi connectivity index (χ3v) is 9.55. The average molecular weight is 489 g/mol. The molecule has 0 heterocycles. The summed E-state index contributed by atoms with van der Waals surface area (Å²) in [5, 5.41) is 0.566. The molecular weight excluding hydrogens is 451 g/mol. The smallest absolute Gasteiger partial charge is 0.413 e. The number of hydrogen-bond donors (Lipinski definition) is 0. The lowest BCUT2D eigenvalue weighted by Gasteiger charge is -2.24. The molecular formula is C31H37O3P. The third kappa shape index (κ3) is 6.01. The number of hydrogen-bond acceptors (Lipinski definition) is 3. The Kier molecular flexibility index (Phi) is 7.63. The summed E-state index contributed by atoms with van der Waals surface area (Å²) in [5.74, 6) is 2.40. The summed E-state index contributed by atoms with van der Waals surface area (Å²) in [7, 11) is -3.63. The first kappa shape index (κ1) is 24.2. The van der Waals surface area contributed by atoms with Gasteiger partial charge < -0.3 is 9.05 Å². The van der Waals surface area contributed by atoms with Crippen LogP contribution in [0, 0.1) is 6.92 Å². The highest BCUT2D eigenvalue weighted by molar-refractivity contribution is 7.63. The summed E-state index contributed by atoms with van der Waals surface area (Å²) < 4.78 is 26.5. The fourth-order valence-electron chi connectivity index (χ4n) is 5.60. The van der Waals surface area contributed by atoms with Gasteiger partial charge in [-0.2, -0.15) is 0 Å². The van der Waals surface area contributed by atoms with E-state index in [-0.39, 0.29) is 0 Å². The van der Waals surface area contributed by atoms with Gasteiger partial charge in [-0.05, 0) is 92.0 Å². The minimum absolute atomic E-state index is 0.566. The van der Waals surface area contributed by atoms with Crippen molar-refractivity contribution in [3.05, 3.63) is 89.5 Å². The molecule has 3 aromatic carbocycles. The minimum atomic E-state index is -3.63. The molecule has 0 aromatic heterocycles. The van der Waals surface area contributed by atoms with Gasteiger partial charge in [0.15, 0.2) is 0 Å². The second kappa shape index (κ2) is 11.0. The normalized spacial score (nSPS) is 17.7. The van der Waals surface area contributed by atoms with Crippen LogP contribution in [-0.2, 0) is 4.57 Å². The van der Waals surface area contributed by atoms with E-state index < -0.39 is 7.60 Å². The van der Waals surface area contributed by atoms with Crippen LogP contribution in [0.2, 0.25) is 0 Å². The fraction of sp³-hybridized carbons (Fsp3) is 0.419. The molecule has 3 aromatic rings. The highest BCUT2D eigenvalue weighted by atomic mass is 31.2. The lowest BCUT2D eigenvalue weighted by atomic mass is 9.84. The summed E-state index contributed by atoms with van der Waals surface area (Å²) in [6.07, 6.45) is 12.9. The Balaban J connectivity index is 1.36. The van der Waals surface area contributed by atoms with E-state index in [1.165, 1.54) is 75.3 Å². The lowest BCUT2D eigenvalue weighted by Crippen LogP contribution is -2.15. The van der Waals surface area contributed by atoms with Crippen molar-refractivity contribution in [2.45, 2.75) is 83.0 Å². The Hall–Kier alpha value is -2.51. The molecule has 184 valence electrons. The van der Waals surface area contributed by atoms with Gasteiger partial charge in [0.2, 0.25) is 0 Å². The van der Waals surface area contributed by atoms with Gasteiger partial charge in [0, 0.05) is 0 Å². The summed E-state index contributed by atoms with van der Waals surface area (Å²) in [4.78, 5) is 0. The Morgan fingerprint density at radius 2 is 0.971 bits per heavy atom. The summed E-state index contributed by atoms with van der Waals surface area (Å²) >= 11 is 0. The van der Waals surface area contributed by atoms with Crippen molar-refractivity contribution in [2.24, 2.45) is 0 Å².